The molecule has 3 aromatic rings. The monoisotopic (exact) mass is 367 g/mol. The molecule has 4 rings (SSSR count). The van der Waals surface area contributed by atoms with Crippen LogP contribution in [0.2, 0.25) is 0 Å². The Morgan fingerprint density at radius 1 is 1.00 bits per heavy atom. The summed E-state index contributed by atoms with van der Waals surface area (Å²) in [5, 5.41) is 3.01. The second-order valence-electron chi connectivity index (χ2n) is 6.39. The van der Waals surface area contributed by atoms with E-state index in [0.717, 1.165) is 43.8 Å². The Morgan fingerprint density at radius 2 is 1.77 bits per heavy atom. The third-order valence-corrected chi connectivity index (χ3v) is 5.28. The van der Waals surface area contributed by atoms with Gasteiger partial charge in [-0.2, -0.15) is 8.75 Å². The number of nitrogens with zero attached hydrogens (tertiary/aromatic N) is 4. The Kier molecular flexibility index (Phi) is 5.08. The van der Waals surface area contributed by atoms with Crippen LogP contribution in [0.3, 0.4) is 0 Å². The predicted octanol–water partition coefficient (Wildman–Crippen LogP) is 2.24. The van der Waals surface area contributed by atoms with Crippen LogP contribution in [0.5, 0.6) is 0 Å². The molecule has 1 aromatic heterocycles. The van der Waals surface area contributed by atoms with E-state index in [9.17, 15) is 4.79 Å². The number of hydrogen-bond acceptors (Lipinski definition) is 6. The molecule has 26 heavy (non-hydrogen) atoms. The molecule has 0 aliphatic carbocycles. The SMILES string of the molecule is O=C(NCCN1CCN(c2ccccc2)CC1)c1ccc2nsnc2c1. The molecule has 1 N–H and O–H groups in total. The summed E-state index contributed by atoms with van der Waals surface area (Å²) in [6, 6.07) is 16.0. The first-order valence-corrected chi connectivity index (χ1v) is 9.55. The maximum absolute atomic E-state index is 12.3. The zero-order valence-corrected chi connectivity index (χ0v) is 15.3. The topological polar surface area (TPSA) is 61.4 Å². The minimum atomic E-state index is -0.0529. The van der Waals surface area contributed by atoms with Gasteiger partial charge in [-0.25, -0.2) is 0 Å². The summed E-state index contributed by atoms with van der Waals surface area (Å²) in [6.07, 6.45) is 0. The van der Waals surface area contributed by atoms with Crippen molar-refractivity contribution in [3.8, 4) is 0 Å². The smallest absolute Gasteiger partial charge is 0.251 e. The average Bonchev–Trinajstić information content (AvgIpc) is 3.17. The number of amides is 1. The van der Waals surface area contributed by atoms with Crippen molar-refractivity contribution >= 4 is 34.4 Å². The number of nitrogens with one attached hydrogen (secondary N) is 1. The van der Waals surface area contributed by atoms with Crippen molar-refractivity contribution < 1.29 is 4.79 Å². The summed E-state index contributed by atoms with van der Waals surface area (Å²) >= 11 is 1.17. The number of para-hydroxylation sites is 1. The zero-order valence-electron chi connectivity index (χ0n) is 14.5. The predicted molar refractivity (Wildman–Crippen MR) is 105 cm³/mol. The van der Waals surface area contributed by atoms with Gasteiger partial charge in [0.15, 0.2) is 0 Å². The third-order valence-electron chi connectivity index (χ3n) is 4.72. The Labute approximate surface area is 156 Å². The normalized spacial score (nSPS) is 15.3. The van der Waals surface area contributed by atoms with Gasteiger partial charge in [-0.1, -0.05) is 18.2 Å². The Balaban J connectivity index is 1.23. The van der Waals surface area contributed by atoms with E-state index < -0.39 is 0 Å². The van der Waals surface area contributed by atoms with Gasteiger partial charge < -0.3 is 10.2 Å². The number of carbonyl (C=O) groups excluding carboxylic acids is 1. The lowest BCUT2D eigenvalue weighted by atomic mass is 10.2. The molecule has 2 heterocycles. The third kappa shape index (κ3) is 3.84. The first-order chi connectivity index (χ1) is 12.8. The molecule has 0 spiro atoms. The van der Waals surface area contributed by atoms with Crippen molar-refractivity contribution in [1.82, 2.24) is 19.0 Å². The molecule has 1 fully saturated rings. The highest BCUT2D eigenvalue weighted by Crippen LogP contribution is 2.15. The first-order valence-electron chi connectivity index (χ1n) is 8.82. The molecule has 0 atom stereocenters. The molecule has 1 amide bonds. The fourth-order valence-electron chi connectivity index (χ4n) is 3.22. The van der Waals surface area contributed by atoms with Crippen LogP contribution in [0.4, 0.5) is 5.69 Å². The number of aromatic nitrogens is 2. The standard InChI is InChI=1S/C19H21N5OS/c25-19(15-6-7-17-18(14-15)22-26-21-17)20-8-9-23-10-12-24(13-11-23)16-4-2-1-3-5-16/h1-7,14H,8-13H2,(H,20,25). The van der Waals surface area contributed by atoms with Gasteiger partial charge in [0.2, 0.25) is 0 Å². The minimum absolute atomic E-state index is 0.0529. The second kappa shape index (κ2) is 7.80. The van der Waals surface area contributed by atoms with Crippen LogP contribution in [-0.4, -0.2) is 58.8 Å². The molecule has 1 aliphatic rings. The number of piperazine rings is 1. The quantitative estimate of drug-likeness (QED) is 0.749. The summed E-state index contributed by atoms with van der Waals surface area (Å²) in [5.41, 5.74) is 3.54. The molecule has 1 aliphatic heterocycles. The van der Waals surface area contributed by atoms with Crippen LogP contribution < -0.4 is 10.2 Å². The summed E-state index contributed by atoms with van der Waals surface area (Å²) in [4.78, 5) is 17.1. The zero-order chi connectivity index (χ0) is 17.8. The fourth-order valence-corrected chi connectivity index (χ4v) is 3.74. The van der Waals surface area contributed by atoms with Crippen molar-refractivity contribution in [3.05, 3.63) is 54.1 Å². The molecule has 0 radical (unpaired) electrons. The first kappa shape index (κ1) is 16.9. The van der Waals surface area contributed by atoms with E-state index in [0.29, 0.717) is 12.1 Å². The molecule has 0 saturated carbocycles. The molecule has 6 nitrogen and oxygen atoms in total. The summed E-state index contributed by atoms with van der Waals surface area (Å²) < 4.78 is 8.34. The average molecular weight is 367 g/mol. The van der Waals surface area contributed by atoms with Crippen molar-refractivity contribution in [2.45, 2.75) is 0 Å². The van der Waals surface area contributed by atoms with Crippen LogP contribution in [0.25, 0.3) is 11.0 Å². The van der Waals surface area contributed by atoms with Gasteiger partial charge in [-0.15, -0.1) is 0 Å². The van der Waals surface area contributed by atoms with E-state index in [1.807, 2.05) is 12.1 Å². The van der Waals surface area contributed by atoms with E-state index in [4.69, 9.17) is 0 Å². The van der Waals surface area contributed by atoms with Gasteiger partial charge in [-0.05, 0) is 30.3 Å². The van der Waals surface area contributed by atoms with E-state index in [-0.39, 0.29) is 5.91 Å². The number of fused-ring (bicyclic) bond motifs is 1. The lowest BCUT2D eigenvalue weighted by Crippen LogP contribution is -2.48. The number of benzene rings is 2. The van der Waals surface area contributed by atoms with E-state index in [1.165, 1.54) is 17.4 Å². The van der Waals surface area contributed by atoms with Gasteiger partial charge in [0, 0.05) is 50.5 Å². The highest BCUT2D eigenvalue weighted by Gasteiger charge is 2.17. The molecular formula is C19H21N5OS. The number of rotatable bonds is 5. The molecule has 0 unspecified atom stereocenters. The van der Waals surface area contributed by atoms with Gasteiger partial charge in [0.05, 0.1) is 11.7 Å². The summed E-state index contributed by atoms with van der Waals surface area (Å²) in [7, 11) is 0. The van der Waals surface area contributed by atoms with Gasteiger partial charge in [0.25, 0.3) is 5.91 Å². The Morgan fingerprint density at radius 3 is 2.58 bits per heavy atom. The van der Waals surface area contributed by atoms with Crippen LogP contribution in [0.1, 0.15) is 10.4 Å². The van der Waals surface area contributed by atoms with Crippen molar-refractivity contribution in [2.24, 2.45) is 0 Å². The minimum Gasteiger partial charge on any atom is -0.369 e. The second-order valence-corrected chi connectivity index (χ2v) is 6.92. The Bertz CT molecular complexity index is 874. The number of hydrogen-bond donors (Lipinski definition) is 1. The molecule has 7 heteroatoms. The van der Waals surface area contributed by atoms with Crippen molar-refractivity contribution in [1.29, 1.82) is 0 Å². The highest BCUT2D eigenvalue weighted by molar-refractivity contribution is 7.00. The van der Waals surface area contributed by atoms with E-state index in [1.54, 1.807) is 12.1 Å². The molecule has 0 bridgehead atoms. The Hall–Kier alpha value is -2.51. The number of carbonyl (C=O) groups is 1. The van der Waals surface area contributed by atoms with Crippen molar-refractivity contribution in [3.63, 3.8) is 0 Å². The highest BCUT2D eigenvalue weighted by atomic mass is 32.1. The van der Waals surface area contributed by atoms with Crippen LogP contribution in [-0.2, 0) is 0 Å². The van der Waals surface area contributed by atoms with Gasteiger partial charge in [0.1, 0.15) is 11.0 Å². The van der Waals surface area contributed by atoms with Crippen molar-refractivity contribution in [2.75, 3.05) is 44.2 Å². The van der Waals surface area contributed by atoms with Gasteiger partial charge in [-0.3, -0.25) is 9.69 Å². The molecule has 2 aromatic carbocycles. The maximum atomic E-state index is 12.3. The van der Waals surface area contributed by atoms with Crippen LogP contribution in [0, 0.1) is 0 Å². The van der Waals surface area contributed by atoms with E-state index >= 15 is 0 Å². The lowest BCUT2D eigenvalue weighted by molar-refractivity contribution is 0.0948. The summed E-state index contributed by atoms with van der Waals surface area (Å²) in [6.45, 7) is 5.59. The summed E-state index contributed by atoms with van der Waals surface area (Å²) in [5.74, 6) is -0.0529. The van der Waals surface area contributed by atoms with Crippen LogP contribution in [0.15, 0.2) is 48.5 Å². The van der Waals surface area contributed by atoms with Gasteiger partial charge >= 0.3 is 0 Å². The number of anilines is 1. The molecule has 1 saturated heterocycles. The van der Waals surface area contributed by atoms with Crippen LogP contribution >= 0.6 is 11.7 Å². The molecule has 134 valence electrons. The largest absolute Gasteiger partial charge is 0.369 e. The lowest BCUT2D eigenvalue weighted by Gasteiger charge is -2.36. The molecular weight excluding hydrogens is 346 g/mol. The maximum Gasteiger partial charge on any atom is 0.251 e. The van der Waals surface area contributed by atoms with E-state index in [2.05, 4.69) is 48.1 Å². The fraction of sp³-hybridized carbons (Fsp3) is 0.316.